The molecule has 0 aromatic heterocycles. The number of carbonyl (C=O) groups is 2. The van der Waals surface area contributed by atoms with Crippen LogP contribution in [0.15, 0.2) is 12.1 Å². The van der Waals surface area contributed by atoms with Crippen LogP contribution in [-0.2, 0) is 4.79 Å². The summed E-state index contributed by atoms with van der Waals surface area (Å²) in [4.78, 5) is 22.8. The number of nitrogens with two attached hydrogens (primary N) is 2. The van der Waals surface area contributed by atoms with Crippen molar-refractivity contribution < 1.29 is 18.4 Å². The van der Waals surface area contributed by atoms with Gasteiger partial charge in [0.25, 0.3) is 5.91 Å². The van der Waals surface area contributed by atoms with E-state index < -0.39 is 34.6 Å². The molecule has 1 aliphatic rings. The topological polar surface area (TPSA) is 98.2 Å². The second kappa shape index (κ2) is 5.16. The summed E-state index contributed by atoms with van der Waals surface area (Å²) >= 11 is 0. The highest BCUT2D eigenvalue weighted by molar-refractivity contribution is 5.96. The second-order valence-corrected chi connectivity index (χ2v) is 5.12. The molecule has 108 valence electrons. The van der Waals surface area contributed by atoms with Crippen molar-refractivity contribution in [3.8, 4) is 0 Å². The third-order valence-corrected chi connectivity index (χ3v) is 3.46. The molecule has 2 rings (SSSR count). The Kier molecular flexibility index (Phi) is 3.71. The second-order valence-electron chi connectivity index (χ2n) is 5.12. The smallest absolute Gasteiger partial charge is 0.251 e. The van der Waals surface area contributed by atoms with E-state index >= 15 is 0 Å². The number of halogens is 2. The number of carbonyl (C=O) groups excluding carboxylic acids is 2. The van der Waals surface area contributed by atoms with Gasteiger partial charge in [0.1, 0.15) is 11.6 Å². The molecule has 0 bridgehead atoms. The number of primary amides is 1. The SMILES string of the molecule is NC(=O)c1cc(NC(=O)CC2(N)CCC2)c(F)cc1F. The van der Waals surface area contributed by atoms with E-state index in [0.717, 1.165) is 25.3 Å². The molecule has 1 aromatic rings. The largest absolute Gasteiger partial charge is 0.366 e. The van der Waals surface area contributed by atoms with Crippen molar-refractivity contribution in [1.82, 2.24) is 0 Å². The molecule has 0 saturated heterocycles. The third kappa shape index (κ3) is 2.93. The standard InChI is InChI=1S/C13H15F2N3O2/c14-8-5-9(15)10(4-7(8)12(16)20)18-11(19)6-13(17)2-1-3-13/h4-5H,1-3,6,17H2,(H2,16,20)(H,18,19). The highest BCUT2D eigenvalue weighted by Gasteiger charge is 2.34. The third-order valence-electron chi connectivity index (χ3n) is 3.46. The molecule has 5 nitrogen and oxygen atoms in total. The predicted octanol–water partition coefficient (Wildman–Crippen LogP) is 1.27. The summed E-state index contributed by atoms with van der Waals surface area (Å²) in [5, 5.41) is 2.29. The Labute approximate surface area is 114 Å². The molecule has 0 spiro atoms. The van der Waals surface area contributed by atoms with Crippen LogP contribution in [0.2, 0.25) is 0 Å². The predicted molar refractivity (Wildman–Crippen MR) is 68.9 cm³/mol. The minimum absolute atomic E-state index is 0.0513. The van der Waals surface area contributed by atoms with Crippen molar-refractivity contribution in [1.29, 1.82) is 0 Å². The molecular formula is C13H15F2N3O2. The average molecular weight is 283 g/mol. The van der Waals surface area contributed by atoms with Gasteiger partial charge in [-0.25, -0.2) is 8.78 Å². The number of nitrogens with one attached hydrogen (secondary N) is 1. The summed E-state index contributed by atoms with van der Waals surface area (Å²) in [6.07, 6.45) is 2.48. The molecule has 5 N–H and O–H groups in total. The Morgan fingerprint density at radius 3 is 2.40 bits per heavy atom. The Bertz CT molecular complexity index is 571. The maximum atomic E-state index is 13.5. The average Bonchev–Trinajstić information content (AvgIpc) is 2.30. The Morgan fingerprint density at radius 1 is 1.25 bits per heavy atom. The van der Waals surface area contributed by atoms with E-state index in [1.54, 1.807) is 0 Å². The van der Waals surface area contributed by atoms with Gasteiger partial charge >= 0.3 is 0 Å². The molecule has 1 aromatic carbocycles. The summed E-state index contributed by atoms with van der Waals surface area (Å²) in [6.45, 7) is 0. The van der Waals surface area contributed by atoms with Crippen molar-refractivity contribution in [2.24, 2.45) is 11.5 Å². The summed E-state index contributed by atoms with van der Waals surface area (Å²) in [5.74, 6) is -3.55. The molecule has 0 radical (unpaired) electrons. The van der Waals surface area contributed by atoms with Crippen molar-refractivity contribution >= 4 is 17.5 Å². The first-order chi connectivity index (χ1) is 9.31. The molecule has 1 aliphatic carbocycles. The molecule has 20 heavy (non-hydrogen) atoms. The van der Waals surface area contributed by atoms with Crippen molar-refractivity contribution in [3.05, 3.63) is 29.3 Å². The molecule has 0 unspecified atom stereocenters. The molecule has 1 fully saturated rings. The fraction of sp³-hybridized carbons (Fsp3) is 0.385. The van der Waals surface area contributed by atoms with Gasteiger partial charge in [0.15, 0.2) is 0 Å². The van der Waals surface area contributed by atoms with Gasteiger partial charge < -0.3 is 16.8 Å². The van der Waals surface area contributed by atoms with E-state index in [4.69, 9.17) is 11.5 Å². The van der Waals surface area contributed by atoms with Crippen LogP contribution in [0.3, 0.4) is 0 Å². The zero-order chi connectivity index (χ0) is 14.9. The quantitative estimate of drug-likeness (QED) is 0.776. The molecule has 0 heterocycles. The highest BCUT2D eigenvalue weighted by Crippen LogP contribution is 2.32. The van der Waals surface area contributed by atoms with Crippen LogP contribution in [0.1, 0.15) is 36.0 Å². The first kappa shape index (κ1) is 14.4. The number of hydrogen-bond acceptors (Lipinski definition) is 3. The zero-order valence-corrected chi connectivity index (χ0v) is 10.7. The van der Waals surface area contributed by atoms with Gasteiger partial charge in [-0.2, -0.15) is 0 Å². The van der Waals surface area contributed by atoms with Gasteiger partial charge in [-0.05, 0) is 25.3 Å². The summed E-state index contributed by atoms with van der Waals surface area (Å²) in [5.41, 5.74) is 9.56. The van der Waals surface area contributed by atoms with Gasteiger partial charge in [-0.15, -0.1) is 0 Å². The number of anilines is 1. The zero-order valence-electron chi connectivity index (χ0n) is 10.7. The van der Waals surface area contributed by atoms with E-state index in [9.17, 15) is 18.4 Å². The van der Waals surface area contributed by atoms with Crippen molar-refractivity contribution in [2.75, 3.05) is 5.32 Å². The maximum Gasteiger partial charge on any atom is 0.251 e. The van der Waals surface area contributed by atoms with E-state index in [1.165, 1.54) is 0 Å². The van der Waals surface area contributed by atoms with Crippen molar-refractivity contribution in [3.63, 3.8) is 0 Å². The van der Waals surface area contributed by atoms with Crippen LogP contribution in [-0.4, -0.2) is 17.4 Å². The van der Waals surface area contributed by atoms with Crippen LogP contribution < -0.4 is 16.8 Å². The normalized spacial score (nSPS) is 16.4. The first-order valence-electron chi connectivity index (χ1n) is 6.18. The Morgan fingerprint density at radius 2 is 1.90 bits per heavy atom. The highest BCUT2D eigenvalue weighted by atomic mass is 19.1. The van der Waals surface area contributed by atoms with Crippen LogP contribution in [0.4, 0.5) is 14.5 Å². The summed E-state index contributed by atoms with van der Waals surface area (Å²) < 4.78 is 26.8. The molecule has 0 aliphatic heterocycles. The monoisotopic (exact) mass is 283 g/mol. The first-order valence-corrected chi connectivity index (χ1v) is 6.18. The fourth-order valence-electron chi connectivity index (χ4n) is 2.16. The van der Waals surface area contributed by atoms with E-state index in [0.29, 0.717) is 6.07 Å². The van der Waals surface area contributed by atoms with Crippen LogP contribution >= 0.6 is 0 Å². The van der Waals surface area contributed by atoms with Gasteiger partial charge in [-0.3, -0.25) is 9.59 Å². The van der Waals surface area contributed by atoms with Gasteiger partial charge in [0.05, 0.1) is 11.3 Å². The minimum atomic E-state index is -1.07. The maximum absolute atomic E-state index is 13.5. The molecular weight excluding hydrogens is 268 g/mol. The lowest BCUT2D eigenvalue weighted by molar-refractivity contribution is -0.118. The van der Waals surface area contributed by atoms with E-state index in [2.05, 4.69) is 5.32 Å². The van der Waals surface area contributed by atoms with Crippen LogP contribution in [0.5, 0.6) is 0 Å². The lowest BCUT2D eigenvalue weighted by atomic mass is 9.75. The number of hydrogen-bond donors (Lipinski definition) is 3. The van der Waals surface area contributed by atoms with Crippen LogP contribution in [0.25, 0.3) is 0 Å². The van der Waals surface area contributed by atoms with Gasteiger partial charge in [0, 0.05) is 18.0 Å². The Balaban J connectivity index is 2.14. The molecule has 1 saturated carbocycles. The summed E-state index contributed by atoms with van der Waals surface area (Å²) in [7, 11) is 0. The summed E-state index contributed by atoms with van der Waals surface area (Å²) in [6, 6.07) is 1.39. The molecule has 2 amide bonds. The van der Waals surface area contributed by atoms with Gasteiger partial charge in [-0.1, -0.05) is 0 Å². The van der Waals surface area contributed by atoms with E-state index in [1.807, 2.05) is 0 Å². The Hall–Kier alpha value is -2.02. The molecule has 0 atom stereocenters. The van der Waals surface area contributed by atoms with Crippen molar-refractivity contribution in [2.45, 2.75) is 31.2 Å². The lowest BCUT2D eigenvalue weighted by Gasteiger charge is -2.37. The van der Waals surface area contributed by atoms with Crippen LogP contribution in [0, 0.1) is 11.6 Å². The number of amides is 2. The number of rotatable bonds is 4. The fourth-order valence-corrected chi connectivity index (χ4v) is 2.16. The minimum Gasteiger partial charge on any atom is -0.366 e. The van der Waals surface area contributed by atoms with E-state index in [-0.39, 0.29) is 12.1 Å². The number of benzene rings is 1. The lowest BCUT2D eigenvalue weighted by Crippen LogP contribution is -2.49. The molecule has 7 heteroatoms. The van der Waals surface area contributed by atoms with Gasteiger partial charge in [0.2, 0.25) is 5.91 Å².